The van der Waals surface area contributed by atoms with E-state index in [-0.39, 0.29) is 82.8 Å². The van der Waals surface area contributed by atoms with Gasteiger partial charge in [-0.2, -0.15) is 4.31 Å². The maximum Gasteiger partial charge on any atom is 1.00 e. The smallest absolute Gasteiger partial charge is 0.448 e. The van der Waals surface area contributed by atoms with E-state index in [4.69, 9.17) is 0 Å². The third-order valence-corrected chi connectivity index (χ3v) is 4.99. The van der Waals surface area contributed by atoms with Gasteiger partial charge in [-0.15, -0.1) is 0 Å². The van der Waals surface area contributed by atoms with Gasteiger partial charge in [0.05, 0.1) is 5.75 Å². The summed E-state index contributed by atoms with van der Waals surface area (Å²) in [6.07, 6.45) is -0.436. The molecule has 0 aliphatic carbocycles. The average molecular weight is 296 g/mol. The number of nitrogens with zero attached hydrogens (tertiary/aromatic N) is 2. The predicted octanol–water partition coefficient (Wildman–Crippen LogP) is -2.90. The van der Waals surface area contributed by atoms with Crippen molar-refractivity contribution in [3.63, 3.8) is 0 Å². The maximum atomic E-state index is 12.2. The van der Waals surface area contributed by atoms with Crippen molar-refractivity contribution in [1.29, 1.82) is 0 Å². The number of rotatable bonds is 2. The molecular weight excluding hydrogens is 283 g/mol. The van der Waals surface area contributed by atoms with E-state index >= 15 is 0 Å². The van der Waals surface area contributed by atoms with Gasteiger partial charge >= 0.3 is 58.4 Å². The molecule has 0 amide bonds. The third kappa shape index (κ3) is 4.17. The zero-order chi connectivity index (χ0) is 12.0. The standard InChI is InChI=1S/C7H13BF3N2O2S.K/c9-8(10,11)6-12-2-3-13-7(5-12)1-4-16(13,14)15;/h7H,1-6H2;/q-1;+1/t7-;/m0./s1. The molecule has 2 aliphatic rings. The van der Waals surface area contributed by atoms with Crippen molar-refractivity contribution in [3.05, 3.63) is 0 Å². The van der Waals surface area contributed by atoms with E-state index in [9.17, 15) is 21.4 Å². The molecule has 0 saturated carbocycles. The molecule has 0 radical (unpaired) electrons. The number of hydrogen-bond acceptors (Lipinski definition) is 3. The molecule has 0 unspecified atom stereocenters. The summed E-state index contributed by atoms with van der Waals surface area (Å²) in [5.74, 6) is 0.0721. The number of sulfonamides is 1. The molecular formula is C7H13BF3KN2O2S. The molecule has 2 fully saturated rings. The second-order valence-corrected chi connectivity index (χ2v) is 6.38. The SMILES string of the molecule is O=S1(=O)CC[C@H]2CN(C[B-](F)(F)F)CCN21.[K+]. The summed E-state index contributed by atoms with van der Waals surface area (Å²) in [7, 11) is -3.18. The van der Waals surface area contributed by atoms with Crippen LogP contribution in [0.25, 0.3) is 0 Å². The largest absolute Gasteiger partial charge is 1.00 e. The van der Waals surface area contributed by atoms with Gasteiger partial charge in [0.25, 0.3) is 0 Å². The van der Waals surface area contributed by atoms with Crippen LogP contribution in [0, 0.1) is 0 Å². The number of hydrogen-bond donors (Lipinski definition) is 0. The Labute approximate surface area is 141 Å². The average Bonchev–Trinajstić information content (AvgIpc) is 2.39. The predicted molar refractivity (Wildman–Crippen MR) is 54.4 cm³/mol. The van der Waals surface area contributed by atoms with Crippen LogP contribution in [0.4, 0.5) is 12.9 Å². The number of piperazine rings is 1. The van der Waals surface area contributed by atoms with Gasteiger partial charge in [-0.25, -0.2) is 8.42 Å². The Balaban J connectivity index is 0.00000144. The fourth-order valence-electron chi connectivity index (χ4n) is 2.37. The maximum absolute atomic E-state index is 12.2. The van der Waals surface area contributed by atoms with E-state index < -0.39 is 23.4 Å². The minimum Gasteiger partial charge on any atom is -0.448 e. The molecule has 0 aromatic rings. The summed E-state index contributed by atoms with van der Waals surface area (Å²) < 4.78 is 61.0. The Hall–Kier alpha value is 1.36. The molecule has 2 rings (SSSR count). The van der Waals surface area contributed by atoms with Crippen molar-refractivity contribution >= 4 is 17.0 Å². The van der Waals surface area contributed by atoms with Gasteiger partial charge in [0, 0.05) is 25.7 Å². The molecule has 94 valence electrons. The summed E-state index contributed by atoms with van der Waals surface area (Å²) in [6.45, 7) is -4.24. The van der Waals surface area contributed by atoms with Gasteiger partial charge in [0.15, 0.2) is 0 Å². The topological polar surface area (TPSA) is 40.6 Å². The van der Waals surface area contributed by atoms with Gasteiger partial charge in [-0.1, -0.05) is 0 Å². The van der Waals surface area contributed by atoms with Crippen molar-refractivity contribution in [2.45, 2.75) is 12.5 Å². The fourth-order valence-corrected chi connectivity index (χ4v) is 4.16. The van der Waals surface area contributed by atoms with Gasteiger partial charge in [0.1, 0.15) is 0 Å². The molecule has 0 spiro atoms. The Morgan fingerprint density at radius 3 is 2.47 bits per heavy atom. The zero-order valence-electron chi connectivity index (χ0n) is 9.65. The second-order valence-electron chi connectivity index (χ2n) is 4.34. The molecule has 0 bridgehead atoms. The molecule has 1 atom stereocenters. The van der Waals surface area contributed by atoms with Gasteiger partial charge in [0.2, 0.25) is 10.0 Å². The molecule has 2 aliphatic heterocycles. The van der Waals surface area contributed by atoms with Crippen LogP contribution < -0.4 is 51.4 Å². The molecule has 4 nitrogen and oxygen atoms in total. The van der Waals surface area contributed by atoms with Crippen molar-refractivity contribution in [2.24, 2.45) is 0 Å². The molecule has 0 N–H and O–H groups in total. The van der Waals surface area contributed by atoms with Crippen molar-refractivity contribution in [1.82, 2.24) is 9.21 Å². The first kappa shape index (κ1) is 16.4. The summed E-state index contributed by atoms with van der Waals surface area (Å²) in [5, 5.41) is 0. The van der Waals surface area contributed by atoms with Gasteiger partial charge in [-0.3, -0.25) is 0 Å². The van der Waals surface area contributed by atoms with E-state index in [0.717, 1.165) is 0 Å². The quantitative estimate of drug-likeness (QED) is 0.513. The Bertz CT molecular complexity index is 378. The Kier molecular flexibility index (Phi) is 5.58. The monoisotopic (exact) mass is 296 g/mol. The van der Waals surface area contributed by atoms with E-state index in [0.29, 0.717) is 6.42 Å². The summed E-state index contributed by atoms with van der Waals surface area (Å²) in [4.78, 5) is 1.31. The fraction of sp³-hybridized carbons (Fsp3) is 1.00. The molecule has 10 heteroatoms. The minimum absolute atomic E-state index is 0. The normalized spacial score (nSPS) is 29.7. The van der Waals surface area contributed by atoms with Crippen LogP contribution in [0.1, 0.15) is 6.42 Å². The van der Waals surface area contributed by atoms with Gasteiger partial charge < -0.3 is 17.8 Å². The van der Waals surface area contributed by atoms with Crippen LogP contribution in [0.5, 0.6) is 0 Å². The second kappa shape index (κ2) is 5.78. The van der Waals surface area contributed by atoms with Crippen LogP contribution in [0.2, 0.25) is 0 Å². The molecule has 17 heavy (non-hydrogen) atoms. The van der Waals surface area contributed by atoms with E-state index in [2.05, 4.69) is 0 Å². The van der Waals surface area contributed by atoms with Crippen molar-refractivity contribution in [2.75, 3.05) is 31.8 Å². The van der Waals surface area contributed by atoms with E-state index in [1.54, 1.807) is 0 Å². The number of fused-ring (bicyclic) bond motifs is 1. The Morgan fingerprint density at radius 1 is 1.24 bits per heavy atom. The van der Waals surface area contributed by atoms with Gasteiger partial charge in [-0.05, 0) is 12.9 Å². The van der Waals surface area contributed by atoms with Crippen molar-refractivity contribution < 1.29 is 72.7 Å². The van der Waals surface area contributed by atoms with E-state index in [1.165, 1.54) is 9.21 Å². The third-order valence-electron chi connectivity index (χ3n) is 3.04. The molecule has 2 saturated heterocycles. The molecule has 0 aromatic carbocycles. The molecule has 0 aromatic heterocycles. The first-order chi connectivity index (χ1) is 7.28. The first-order valence-corrected chi connectivity index (χ1v) is 6.82. The van der Waals surface area contributed by atoms with Crippen LogP contribution in [-0.2, 0) is 10.0 Å². The number of halogens is 3. The summed E-state index contributed by atoms with van der Waals surface area (Å²) >= 11 is 0. The van der Waals surface area contributed by atoms with Crippen LogP contribution in [-0.4, -0.2) is 62.5 Å². The summed E-state index contributed by atoms with van der Waals surface area (Å²) in [5.41, 5.74) is 0. The van der Waals surface area contributed by atoms with Crippen LogP contribution in [0.3, 0.4) is 0 Å². The van der Waals surface area contributed by atoms with Crippen LogP contribution in [0.15, 0.2) is 0 Å². The summed E-state index contributed by atoms with van der Waals surface area (Å²) in [6, 6.07) is -0.253. The minimum atomic E-state index is -4.82. The molecule has 2 heterocycles. The van der Waals surface area contributed by atoms with Crippen molar-refractivity contribution in [3.8, 4) is 0 Å². The first-order valence-electron chi connectivity index (χ1n) is 5.21. The zero-order valence-corrected chi connectivity index (χ0v) is 13.6. The van der Waals surface area contributed by atoms with Crippen LogP contribution >= 0.6 is 0 Å². The Morgan fingerprint density at radius 2 is 1.88 bits per heavy atom. The van der Waals surface area contributed by atoms with E-state index in [1.807, 2.05) is 0 Å².